The molecule has 1 aliphatic rings. The van der Waals surface area contributed by atoms with Gasteiger partial charge in [0.25, 0.3) is 0 Å². The van der Waals surface area contributed by atoms with E-state index in [0.29, 0.717) is 12.1 Å². The minimum atomic E-state index is 0.393. The topological polar surface area (TPSA) is 21.3 Å². The number of nitrogens with one attached hydrogen (secondary N) is 1. The van der Waals surface area contributed by atoms with Crippen molar-refractivity contribution in [3.05, 3.63) is 20.8 Å². The van der Waals surface area contributed by atoms with E-state index < -0.39 is 0 Å². The van der Waals surface area contributed by atoms with Crippen LogP contribution in [0, 0.1) is 0 Å². The first-order valence-electron chi connectivity index (χ1n) is 5.32. The average Bonchev–Trinajstić information content (AvgIpc) is 2.86. The van der Waals surface area contributed by atoms with Crippen LogP contribution in [0.1, 0.15) is 17.7 Å². The number of thiophene rings is 1. The van der Waals surface area contributed by atoms with Crippen LogP contribution in [0.3, 0.4) is 0 Å². The first-order valence-corrected chi connectivity index (χ1v) is 6.99. The van der Waals surface area contributed by atoms with E-state index in [0.717, 1.165) is 13.0 Å². The molecule has 1 aromatic rings. The van der Waals surface area contributed by atoms with Gasteiger partial charge in [-0.05, 0) is 47.3 Å². The molecule has 1 saturated heterocycles. The molecule has 2 rings (SSSR count). The Morgan fingerprint density at radius 3 is 3.13 bits per heavy atom. The lowest BCUT2D eigenvalue weighted by Gasteiger charge is -2.22. The summed E-state index contributed by atoms with van der Waals surface area (Å²) in [6, 6.07) is 2.56. The number of rotatable bonds is 4. The monoisotopic (exact) mass is 289 g/mol. The van der Waals surface area contributed by atoms with E-state index in [-0.39, 0.29) is 0 Å². The van der Waals surface area contributed by atoms with Crippen LogP contribution in [0.15, 0.2) is 15.9 Å². The SMILES string of the molecule is CNC(Cc1sccc1Br)C1CCCO1. The zero-order valence-corrected chi connectivity index (χ0v) is 11.2. The molecule has 15 heavy (non-hydrogen) atoms. The van der Waals surface area contributed by atoms with Gasteiger partial charge in [0.1, 0.15) is 0 Å². The molecular formula is C11H16BrNOS. The molecular weight excluding hydrogens is 274 g/mol. The van der Waals surface area contributed by atoms with Crippen molar-refractivity contribution < 1.29 is 4.74 Å². The van der Waals surface area contributed by atoms with E-state index in [9.17, 15) is 0 Å². The van der Waals surface area contributed by atoms with Gasteiger partial charge in [0.2, 0.25) is 0 Å². The van der Waals surface area contributed by atoms with E-state index in [1.165, 1.54) is 22.2 Å². The molecule has 0 bridgehead atoms. The van der Waals surface area contributed by atoms with E-state index in [4.69, 9.17) is 4.74 Å². The zero-order valence-electron chi connectivity index (χ0n) is 8.83. The molecule has 2 unspecified atom stereocenters. The van der Waals surface area contributed by atoms with E-state index in [1.807, 2.05) is 18.4 Å². The zero-order chi connectivity index (χ0) is 10.7. The Labute approximate surface area is 103 Å². The quantitative estimate of drug-likeness (QED) is 0.920. The average molecular weight is 290 g/mol. The van der Waals surface area contributed by atoms with Crippen molar-refractivity contribution in [2.24, 2.45) is 0 Å². The third-order valence-corrected chi connectivity index (χ3v) is 4.83. The number of likely N-dealkylation sites (N-methyl/N-ethyl adjacent to an activating group) is 1. The Balaban J connectivity index is 1.98. The summed E-state index contributed by atoms with van der Waals surface area (Å²) in [5.74, 6) is 0. The minimum Gasteiger partial charge on any atom is -0.377 e. The molecule has 2 nitrogen and oxygen atoms in total. The molecule has 84 valence electrons. The maximum absolute atomic E-state index is 5.72. The van der Waals surface area contributed by atoms with Gasteiger partial charge in [0.15, 0.2) is 0 Å². The number of hydrogen-bond acceptors (Lipinski definition) is 3. The molecule has 0 aliphatic carbocycles. The second-order valence-electron chi connectivity index (χ2n) is 3.84. The summed E-state index contributed by atoms with van der Waals surface area (Å²) >= 11 is 5.38. The maximum Gasteiger partial charge on any atom is 0.0732 e. The van der Waals surface area contributed by atoms with Crippen LogP contribution >= 0.6 is 27.3 Å². The van der Waals surface area contributed by atoms with Gasteiger partial charge in [0, 0.05) is 28.4 Å². The molecule has 0 aromatic carbocycles. The van der Waals surface area contributed by atoms with Crippen molar-refractivity contribution in [1.82, 2.24) is 5.32 Å². The minimum absolute atomic E-state index is 0.393. The first-order chi connectivity index (χ1) is 7.31. The largest absolute Gasteiger partial charge is 0.377 e. The molecule has 0 spiro atoms. The predicted octanol–water partition coefficient (Wildman–Crippen LogP) is 2.82. The summed E-state index contributed by atoms with van der Waals surface area (Å²) in [4.78, 5) is 1.41. The lowest BCUT2D eigenvalue weighted by atomic mass is 10.0. The lowest BCUT2D eigenvalue weighted by molar-refractivity contribution is 0.0810. The fraction of sp³-hybridized carbons (Fsp3) is 0.636. The van der Waals surface area contributed by atoms with E-state index in [2.05, 4.69) is 32.7 Å². The Hall–Kier alpha value is 0.1000. The number of hydrogen-bond donors (Lipinski definition) is 1. The third-order valence-electron chi connectivity index (χ3n) is 2.88. The van der Waals surface area contributed by atoms with Gasteiger partial charge in [-0.25, -0.2) is 0 Å². The molecule has 0 radical (unpaired) electrons. The summed E-state index contributed by atoms with van der Waals surface area (Å²) in [6.45, 7) is 0.925. The summed E-state index contributed by atoms with van der Waals surface area (Å²) < 4.78 is 6.95. The molecule has 0 amide bonds. The van der Waals surface area contributed by atoms with Crippen LogP contribution in [-0.2, 0) is 11.2 Å². The van der Waals surface area contributed by atoms with Crippen molar-refractivity contribution in [3.63, 3.8) is 0 Å². The van der Waals surface area contributed by atoms with Crippen molar-refractivity contribution >= 4 is 27.3 Å². The maximum atomic E-state index is 5.72. The first kappa shape index (κ1) is 11.6. The van der Waals surface area contributed by atoms with Gasteiger partial charge in [-0.2, -0.15) is 0 Å². The highest BCUT2D eigenvalue weighted by Crippen LogP contribution is 2.26. The smallest absolute Gasteiger partial charge is 0.0732 e. The molecule has 1 N–H and O–H groups in total. The van der Waals surface area contributed by atoms with Crippen LogP contribution in [0.4, 0.5) is 0 Å². The molecule has 2 heterocycles. The van der Waals surface area contributed by atoms with Gasteiger partial charge >= 0.3 is 0 Å². The van der Waals surface area contributed by atoms with Gasteiger partial charge in [-0.15, -0.1) is 11.3 Å². The van der Waals surface area contributed by atoms with Crippen molar-refractivity contribution in [2.45, 2.75) is 31.4 Å². The summed E-state index contributed by atoms with van der Waals surface area (Å²) in [5.41, 5.74) is 0. The molecule has 0 saturated carbocycles. The Kier molecular flexibility index (Phi) is 4.20. The fourth-order valence-electron chi connectivity index (χ4n) is 2.01. The summed E-state index contributed by atoms with van der Waals surface area (Å²) in [6.07, 6.45) is 3.84. The van der Waals surface area contributed by atoms with Crippen LogP contribution < -0.4 is 5.32 Å². The number of ether oxygens (including phenoxy) is 1. The van der Waals surface area contributed by atoms with E-state index in [1.54, 1.807) is 0 Å². The van der Waals surface area contributed by atoms with Crippen molar-refractivity contribution in [1.29, 1.82) is 0 Å². The summed E-state index contributed by atoms with van der Waals surface area (Å²) in [5, 5.41) is 5.50. The Morgan fingerprint density at radius 2 is 2.60 bits per heavy atom. The highest BCUT2D eigenvalue weighted by Gasteiger charge is 2.25. The highest BCUT2D eigenvalue weighted by molar-refractivity contribution is 9.10. The van der Waals surface area contributed by atoms with Crippen LogP contribution in [0.25, 0.3) is 0 Å². The highest BCUT2D eigenvalue weighted by atomic mass is 79.9. The normalized spacial score (nSPS) is 23.2. The standard InChI is InChI=1S/C11H16BrNOS/c1-13-9(10-3-2-5-14-10)7-11-8(12)4-6-15-11/h4,6,9-10,13H,2-3,5,7H2,1H3. The van der Waals surface area contributed by atoms with Crippen molar-refractivity contribution in [2.75, 3.05) is 13.7 Å². The van der Waals surface area contributed by atoms with Gasteiger partial charge < -0.3 is 10.1 Å². The third kappa shape index (κ3) is 2.81. The second kappa shape index (κ2) is 5.43. The lowest BCUT2D eigenvalue weighted by Crippen LogP contribution is -2.38. The molecule has 1 aromatic heterocycles. The fourth-order valence-corrected chi connectivity index (χ4v) is 3.58. The van der Waals surface area contributed by atoms with Gasteiger partial charge in [-0.3, -0.25) is 0 Å². The Morgan fingerprint density at radius 1 is 1.73 bits per heavy atom. The predicted molar refractivity (Wildman–Crippen MR) is 67.5 cm³/mol. The van der Waals surface area contributed by atoms with Crippen LogP contribution in [0.2, 0.25) is 0 Å². The van der Waals surface area contributed by atoms with Gasteiger partial charge in [-0.1, -0.05) is 0 Å². The van der Waals surface area contributed by atoms with Crippen LogP contribution in [-0.4, -0.2) is 25.8 Å². The van der Waals surface area contributed by atoms with E-state index >= 15 is 0 Å². The summed E-state index contributed by atoms with van der Waals surface area (Å²) in [7, 11) is 2.02. The van der Waals surface area contributed by atoms with Crippen molar-refractivity contribution in [3.8, 4) is 0 Å². The molecule has 1 aliphatic heterocycles. The van der Waals surface area contributed by atoms with Crippen LogP contribution in [0.5, 0.6) is 0 Å². The molecule has 4 heteroatoms. The molecule has 1 fully saturated rings. The Bertz CT molecular complexity index is 309. The van der Waals surface area contributed by atoms with Gasteiger partial charge in [0.05, 0.1) is 6.10 Å². The molecule has 2 atom stereocenters. The number of halogens is 1. The second-order valence-corrected chi connectivity index (χ2v) is 5.70.